The third-order valence-electron chi connectivity index (χ3n) is 2.37. The molecule has 0 bridgehead atoms. The van der Waals surface area contributed by atoms with Gasteiger partial charge < -0.3 is 15.6 Å². The molecular weight excluding hydrogens is 202 g/mol. The highest BCUT2D eigenvalue weighted by molar-refractivity contribution is 5.09. The van der Waals surface area contributed by atoms with Crippen LogP contribution in [0.1, 0.15) is 25.8 Å². The maximum atomic E-state index is 11.1. The second kappa shape index (κ2) is 7.19. The van der Waals surface area contributed by atoms with Crippen LogP contribution in [-0.4, -0.2) is 24.1 Å². The van der Waals surface area contributed by atoms with E-state index < -0.39 is 0 Å². The van der Waals surface area contributed by atoms with Gasteiger partial charge in [0.05, 0.1) is 0 Å². The molecule has 16 heavy (non-hydrogen) atoms. The number of hydrogen-bond donors (Lipinski definition) is 3. The Kier molecular flexibility index (Phi) is 5.82. The Morgan fingerprint density at radius 1 is 1.50 bits per heavy atom. The van der Waals surface area contributed by atoms with E-state index in [1.807, 2.05) is 6.07 Å². The van der Waals surface area contributed by atoms with Crippen molar-refractivity contribution in [2.75, 3.05) is 13.1 Å². The first-order valence-electron chi connectivity index (χ1n) is 5.84. The number of hydrogen-bond acceptors (Lipinski definition) is 3. The summed E-state index contributed by atoms with van der Waals surface area (Å²) in [5.74, 6) is 0. The van der Waals surface area contributed by atoms with Crippen molar-refractivity contribution in [2.45, 2.75) is 32.9 Å². The molecule has 3 N–H and O–H groups in total. The van der Waals surface area contributed by atoms with E-state index in [1.165, 1.54) is 0 Å². The fourth-order valence-corrected chi connectivity index (χ4v) is 1.46. The van der Waals surface area contributed by atoms with E-state index in [-0.39, 0.29) is 5.56 Å². The Labute approximate surface area is 96.5 Å². The van der Waals surface area contributed by atoms with Crippen LogP contribution in [0.5, 0.6) is 0 Å². The number of aromatic nitrogens is 1. The third kappa shape index (κ3) is 5.09. The number of H-pyrrole nitrogens is 1. The molecule has 4 heteroatoms. The average molecular weight is 223 g/mol. The van der Waals surface area contributed by atoms with Crippen LogP contribution in [-0.2, 0) is 6.54 Å². The fourth-order valence-electron chi connectivity index (χ4n) is 1.46. The molecule has 0 spiro atoms. The van der Waals surface area contributed by atoms with E-state index in [9.17, 15) is 4.79 Å². The highest BCUT2D eigenvalue weighted by Crippen LogP contribution is 1.93. The van der Waals surface area contributed by atoms with Crippen molar-refractivity contribution in [1.29, 1.82) is 0 Å². The predicted molar refractivity (Wildman–Crippen MR) is 66.5 cm³/mol. The van der Waals surface area contributed by atoms with Crippen LogP contribution in [0, 0.1) is 0 Å². The smallest absolute Gasteiger partial charge is 0.248 e. The molecule has 0 radical (unpaired) electrons. The van der Waals surface area contributed by atoms with E-state index in [0.29, 0.717) is 6.04 Å². The molecule has 1 heterocycles. The molecule has 1 aromatic heterocycles. The summed E-state index contributed by atoms with van der Waals surface area (Å²) in [6, 6.07) is 3.95. The van der Waals surface area contributed by atoms with Gasteiger partial charge in [-0.15, -0.1) is 0 Å². The molecule has 1 unspecified atom stereocenters. The van der Waals surface area contributed by atoms with E-state index in [0.717, 1.165) is 31.6 Å². The van der Waals surface area contributed by atoms with Gasteiger partial charge in [0.25, 0.3) is 0 Å². The minimum atomic E-state index is -0.0453. The molecule has 0 saturated carbocycles. The van der Waals surface area contributed by atoms with E-state index in [1.54, 1.807) is 12.3 Å². The number of pyridine rings is 1. The van der Waals surface area contributed by atoms with Crippen molar-refractivity contribution in [1.82, 2.24) is 15.6 Å². The summed E-state index contributed by atoms with van der Waals surface area (Å²) >= 11 is 0. The summed E-state index contributed by atoms with van der Waals surface area (Å²) in [6.45, 7) is 7.03. The van der Waals surface area contributed by atoms with Crippen LogP contribution >= 0.6 is 0 Å². The first-order valence-corrected chi connectivity index (χ1v) is 5.84. The number of nitrogens with one attached hydrogen (secondary N) is 3. The lowest BCUT2D eigenvalue weighted by molar-refractivity contribution is 0.501. The summed E-state index contributed by atoms with van der Waals surface area (Å²) in [4.78, 5) is 13.7. The molecule has 4 nitrogen and oxygen atoms in total. The van der Waals surface area contributed by atoms with Crippen LogP contribution < -0.4 is 16.2 Å². The Morgan fingerprint density at radius 3 is 3.00 bits per heavy atom. The normalized spacial score (nSPS) is 12.6. The van der Waals surface area contributed by atoms with Gasteiger partial charge in [-0.1, -0.05) is 6.92 Å². The zero-order valence-electron chi connectivity index (χ0n) is 10.0. The lowest BCUT2D eigenvalue weighted by Crippen LogP contribution is -2.36. The average Bonchev–Trinajstić information content (AvgIpc) is 2.27. The predicted octanol–water partition coefficient (Wildman–Crippen LogP) is 0.853. The molecule has 1 aromatic rings. The molecule has 1 rings (SSSR count). The van der Waals surface area contributed by atoms with Crippen molar-refractivity contribution in [3.05, 3.63) is 34.2 Å². The van der Waals surface area contributed by atoms with Crippen LogP contribution in [0.15, 0.2) is 23.1 Å². The van der Waals surface area contributed by atoms with Gasteiger partial charge in [0, 0.05) is 31.4 Å². The molecular formula is C12H21N3O. The summed E-state index contributed by atoms with van der Waals surface area (Å²) in [7, 11) is 0. The van der Waals surface area contributed by atoms with Gasteiger partial charge in [-0.2, -0.15) is 0 Å². The summed E-state index contributed by atoms with van der Waals surface area (Å²) < 4.78 is 0. The lowest BCUT2D eigenvalue weighted by atomic mass is 10.2. The van der Waals surface area contributed by atoms with Crippen molar-refractivity contribution >= 4 is 0 Å². The van der Waals surface area contributed by atoms with Gasteiger partial charge in [0.1, 0.15) is 0 Å². The minimum Gasteiger partial charge on any atom is -0.329 e. The molecule has 0 aliphatic carbocycles. The van der Waals surface area contributed by atoms with Gasteiger partial charge in [-0.25, -0.2) is 0 Å². The molecule has 0 saturated heterocycles. The van der Waals surface area contributed by atoms with Gasteiger partial charge in [-0.3, -0.25) is 4.79 Å². The van der Waals surface area contributed by atoms with Gasteiger partial charge in [0.15, 0.2) is 0 Å². The lowest BCUT2D eigenvalue weighted by Gasteiger charge is -2.14. The van der Waals surface area contributed by atoms with E-state index >= 15 is 0 Å². The Balaban J connectivity index is 2.26. The van der Waals surface area contributed by atoms with Gasteiger partial charge >= 0.3 is 0 Å². The molecule has 0 aromatic carbocycles. The molecule has 0 fully saturated rings. The first-order chi connectivity index (χ1) is 7.72. The summed E-state index contributed by atoms with van der Waals surface area (Å²) in [5, 5.41) is 6.72. The Morgan fingerprint density at radius 2 is 2.31 bits per heavy atom. The third-order valence-corrected chi connectivity index (χ3v) is 2.37. The van der Waals surface area contributed by atoms with Gasteiger partial charge in [0.2, 0.25) is 5.56 Å². The standard InChI is InChI=1S/C12H21N3O/c1-3-5-13-8-10(2)15-9-11-4-6-14-12(16)7-11/h4,6-7,10,13,15H,3,5,8-9H2,1-2H3,(H,14,16). The zero-order chi connectivity index (χ0) is 11.8. The Bertz CT molecular complexity index is 348. The first kappa shape index (κ1) is 12.9. The number of aromatic amines is 1. The zero-order valence-corrected chi connectivity index (χ0v) is 10.0. The monoisotopic (exact) mass is 223 g/mol. The van der Waals surface area contributed by atoms with Crippen molar-refractivity contribution in [3.8, 4) is 0 Å². The minimum absolute atomic E-state index is 0.0453. The highest BCUT2D eigenvalue weighted by Gasteiger charge is 2.00. The van der Waals surface area contributed by atoms with E-state index in [2.05, 4.69) is 29.5 Å². The van der Waals surface area contributed by atoms with Crippen LogP contribution in [0.25, 0.3) is 0 Å². The fraction of sp³-hybridized carbons (Fsp3) is 0.583. The van der Waals surface area contributed by atoms with Crippen molar-refractivity contribution in [3.63, 3.8) is 0 Å². The molecule has 1 atom stereocenters. The molecule has 90 valence electrons. The largest absolute Gasteiger partial charge is 0.329 e. The molecule has 0 amide bonds. The molecule has 0 aliphatic heterocycles. The van der Waals surface area contributed by atoms with Crippen molar-refractivity contribution in [2.24, 2.45) is 0 Å². The maximum Gasteiger partial charge on any atom is 0.248 e. The SMILES string of the molecule is CCCNCC(C)NCc1cc[nH]c(=O)c1. The molecule has 0 aliphatic rings. The maximum absolute atomic E-state index is 11.1. The summed E-state index contributed by atoms with van der Waals surface area (Å²) in [5.41, 5.74) is 0.974. The Hall–Kier alpha value is -1.13. The van der Waals surface area contributed by atoms with E-state index in [4.69, 9.17) is 0 Å². The van der Waals surface area contributed by atoms with Crippen LogP contribution in [0.3, 0.4) is 0 Å². The van der Waals surface area contributed by atoms with Gasteiger partial charge in [-0.05, 0) is 31.5 Å². The second-order valence-electron chi connectivity index (χ2n) is 4.05. The number of rotatable bonds is 7. The quantitative estimate of drug-likeness (QED) is 0.601. The highest BCUT2D eigenvalue weighted by atomic mass is 16.1. The summed E-state index contributed by atoms with van der Waals surface area (Å²) in [6.07, 6.45) is 2.83. The van der Waals surface area contributed by atoms with Crippen molar-refractivity contribution < 1.29 is 0 Å². The topological polar surface area (TPSA) is 56.9 Å². The van der Waals surface area contributed by atoms with Crippen LogP contribution in [0.2, 0.25) is 0 Å². The second-order valence-corrected chi connectivity index (χ2v) is 4.05. The van der Waals surface area contributed by atoms with Crippen LogP contribution in [0.4, 0.5) is 0 Å².